The van der Waals surface area contributed by atoms with E-state index in [0.717, 1.165) is 5.56 Å². The summed E-state index contributed by atoms with van der Waals surface area (Å²) in [6, 6.07) is 14.8. The average molecular weight is 331 g/mol. The Bertz CT molecular complexity index is 624. The highest BCUT2D eigenvalue weighted by molar-refractivity contribution is 5.90. The van der Waals surface area contributed by atoms with Gasteiger partial charge in [0.05, 0.1) is 19.8 Å². The van der Waals surface area contributed by atoms with Gasteiger partial charge in [-0.25, -0.2) is 4.79 Å². The van der Waals surface area contributed by atoms with Crippen molar-refractivity contribution in [2.24, 2.45) is 0 Å². The minimum Gasteiger partial charge on any atom is -0.493 e. The number of carbonyl (C=O) groups is 1. The van der Waals surface area contributed by atoms with Crippen molar-refractivity contribution in [1.82, 2.24) is 4.90 Å². The van der Waals surface area contributed by atoms with Crippen LogP contribution < -0.4 is 9.47 Å². The summed E-state index contributed by atoms with van der Waals surface area (Å²) in [6.45, 7) is 0.439. The number of esters is 1. The topological polar surface area (TPSA) is 48.0 Å². The van der Waals surface area contributed by atoms with Crippen LogP contribution in [0.25, 0.3) is 0 Å². The van der Waals surface area contributed by atoms with Crippen LogP contribution in [0.4, 0.5) is 0 Å². The molecule has 5 heteroatoms. The Hall–Kier alpha value is -2.53. The SMILES string of the molecule is CN(C)C.COC(=O)c1ccc(OCc2ccccc2)c(OC)c1. The van der Waals surface area contributed by atoms with Crippen molar-refractivity contribution < 1.29 is 19.0 Å². The normalized spacial score (nSPS) is 9.75. The van der Waals surface area contributed by atoms with Gasteiger partial charge in [-0.1, -0.05) is 30.3 Å². The highest BCUT2D eigenvalue weighted by atomic mass is 16.5. The molecule has 2 aromatic rings. The average Bonchev–Trinajstić information content (AvgIpc) is 2.59. The lowest BCUT2D eigenvalue weighted by Gasteiger charge is -2.11. The van der Waals surface area contributed by atoms with Gasteiger partial charge in [-0.15, -0.1) is 0 Å². The fraction of sp³-hybridized carbons (Fsp3) is 0.316. The molecular weight excluding hydrogens is 306 g/mol. The number of hydrogen-bond acceptors (Lipinski definition) is 5. The van der Waals surface area contributed by atoms with Gasteiger partial charge >= 0.3 is 5.97 Å². The van der Waals surface area contributed by atoms with E-state index >= 15 is 0 Å². The molecule has 0 N–H and O–H groups in total. The quantitative estimate of drug-likeness (QED) is 0.787. The Balaban J connectivity index is 0.000000648. The molecule has 5 nitrogen and oxygen atoms in total. The van der Waals surface area contributed by atoms with Gasteiger partial charge in [0.25, 0.3) is 0 Å². The lowest BCUT2D eigenvalue weighted by molar-refractivity contribution is 0.0600. The molecule has 0 saturated carbocycles. The van der Waals surface area contributed by atoms with Crippen molar-refractivity contribution in [1.29, 1.82) is 0 Å². The molecule has 0 heterocycles. The van der Waals surface area contributed by atoms with Gasteiger partial charge in [0.1, 0.15) is 6.61 Å². The van der Waals surface area contributed by atoms with Crippen LogP contribution in [0.3, 0.4) is 0 Å². The Morgan fingerprint density at radius 2 is 1.58 bits per heavy atom. The van der Waals surface area contributed by atoms with Crippen molar-refractivity contribution >= 4 is 5.97 Å². The van der Waals surface area contributed by atoms with Gasteiger partial charge in [0.2, 0.25) is 0 Å². The van der Waals surface area contributed by atoms with Gasteiger partial charge in [-0.05, 0) is 44.9 Å². The zero-order valence-electron chi connectivity index (χ0n) is 14.9. The molecule has 0 aliphatic heterocycles. The van der Waals surface area contributed by atoms with E-state index in [4.69, 9.17) is 9.47 Å². The standard InChI is InChI=1S/C16H16O4.C3H9N/c1-18-15-10-13(16(17)19-2)8-9-14(15)20-11-12-6-4-3-5-7-12;1-4(2)3/h3-10H,11H2,1-2H3;1-3H3. The Labute approximate surface area is 143 Å². The Kier molecular flexibility index (Phi) is 8.36. The summed E-state index contributed by atoms with van der Waals surface area (Å²) in [5, 5.41) is 0. The predicted octanol–water partition coefficient (Wildman–Crippen LogP) is 3.24. The van der Waals surface area contributed by atoms with E-state index in [-0.39, 0.29) is 0 Å². The molecule has 24 heavy (non-hydrogen) atoms. The summed E-state index contributed by atoms with van der Waals surface area (Å²) in [4.78, 5) is 13.5. The molecule has 0 aromatic heterocycles. The molecule has 0 spiro atoms. The zero-order chi connectivity index (χ0) is 17.9. The summed E-state index contributed by atoms with van der Waals surface area (Å²) < 4.78 is 15.6. The lowest BCUT2D eigenvalue weighted by atomic mass is 10.2. The highest BCUT2D eigenvalue weighted by Crippen LogP contribution is 2.29. The van der Waals surface area contributed by atoms with Gasteiger partial charge in [0, 0.05) is 0 Å². The molecular formula is C19H25NO4. The van der Waals surface area contributed by atoms with Gasteiger partial charge < -0.3 is 19.1 Å². The maximum atomic E-state index is 11.5. The highest BCUT2D eigenvalue weighted by Gasteiger charge is 2.11. The first-order valence-corrected chi connectivity index (χ1v) is 7.52. The number of carbonyl (C=O) groups excluding carboxylic acids is 1. The van der Waals surface area contributed by atoms with Crippen LogP contribution in [0.1, 0.15) is 15.9 Å². The van der Waals surface area contributed by atoms with E-state index in [0.29, 0.717) is 23.7 Å². The van der Waals surface area contributed by atoms with Crippen molar-refractivity contribution in [3.8, 4) is 11.5 Å². The molecule has 0 unspecified atom stereocenters. The van der Waals surface area contributed by atoms with Gasteiger partial charge in [0.15, 0.2) is 11.5 Å². The van der Waals surface area contributed by atoms with E-state index in [9.17, 15) is 4.79 Å². The predicted molar refractivity (Wildman–Crippen MR) is 94.7 cm³/mol. The van der Waals surface area contributed by atoms with Crippen molar-refractivity contribution in [2.45, 2.75) is 6.61 Å². The van der Waals surface area contributed by atoms with Crippen LogP contribution in [-0.4, -0.2) is 46.2 Å². The number of rotatable bonds is 5. The minimum absolute atomic E-state index is 0.405. The zero-order valence-corrected chi connectivity index (χ0v) is 14.9. The Morgan fingerprint density at radius 1 is 0.958 bits per heavy atom. The molecule has 130 valence electrons. The third-order valence-corrected chi connectivity index (χ3v) is 2.82. The number of nitrogens with zero attached hydrogens (tertiary/aromatic N) is 1. The van der Waals surface area contributed by atoms with Crippen LogP contribution in [0.15, 0.2) is 48.5 Å². The smallest absolute Gasteiger partial charge is 0.337 e. The largest absolute Gasteiger partial charge is 0.493 e. The molecule has 2 aromatic carbocycles. The summed E-state index contributed by atoms with van der Waals surface area (Å²) >= 11 is 0. The van der Waals surface area contributed by atoms with Crippen molar-refractivity contribution in [2.75, 3.05) is 35.4 Å². The van der Waals surface area contributed by atoms with Crippen molar-refractivity contribution in [3.63, 3.8) is 0 Å². The molecule has 0 amide bonds. The maximum Gasteiger partial charge on any atom is 0.337 e. The number of hydrogen-bond donors (Lipinski definition) is 0. The summed E-state index contributed by atoms with van der Waals surface area (Å²) in [5.74, 6) is 0.686. The van der Waals surface area contributed by atoms with Crippen LogP contribution in [-0.2, 0) is 11.3 Å². The fourth-order valence-corrected chi connectivity index (χ4v) is 1.77. The fourth-order valence-electron chi connectivity index (χ4n) is 1.77. The summed E-state index contributed by atoms with van der Waals surface area (Å²) in [7, 11) is 8.88. The molecule has 0 aliphatic rings. The first-order chi connectivity index (χ1) is 11.5. The second kappa shape index (κ2) is 10.3. The third-order valence-electron chi connectivity index (χ3n) is 2.82. The lowest BCUT2D eigenvalue weighted by Crippen LogP contribution is -2.03. The van der Waals surface area contributed by atoms with E-state index in [1.54, 1.807) is 18.2 Å². The molecule has 0 saturated heterocycles. The minimum atomic E-state index is -0.405. The van der Waals surface area contributed by atoms with E-state index in [1.807, 2.05) is 56.4 Å². The van der Waals surface area contributed by atoms with Crippen LogP contribution in [0.2, 0.25) is 0 Å². The Morgan fingerprint density at radius 3 is 2.12 bits per heavy atom. The first kappa shape index (κ1) is 19.5. The number of benzene rings is 2. The second-order valence-electron chi connectivity index (χ2n) is 5.47. The van der Waals surface area contributed by atoms with Crippen molar-refractivity contribution in [3.05, 3.63) is 59.7 Å². The second-order valence-corrected chi connectivity index (χ2v) is 5.47. The van der Waals surface area contributed by atoms with E-state index in [1.165, 1.54) is 14.2 Å². The summed E-state index contributed by atoms with van der Waals surface area (Å²) in [6.07, 6.45) is 0. The molecule has 0 atom stereocenters. The summed E-state index contributed by atoms with van der Waals surface area (Å²) in [5.41, 5.74) is 1.49. The van der Waals surface area contributed by atoms with Crippen LogP contribution in [0.5, 0.6) is 11.5 Å². The number of methoxy groups -OCH3 is 2. The molecule has 0 bridgehead atoms. The first-order valence-electron chi connectivity index (χ1n) is 7.52. The molecule has 0 fully saturated rings. The van der Waals surface area contributed by atoms with Gasteiger partial charge in [-0.3, -0.25) is 0 Å². The van der Waals surface area contributed by atoms with Gasteiger partial charge in [-0.2, -0.15) is 0 Å². The molecule has 0 radical (unpaired) electrons. The van der Waals surface area contributed by atoms with E-state index in [2.05, 4.69) is 4.74 Å². The molecule has 2 rings (SSSR count). The monoisotopic (exact) mass is 331 g/mol. The molecule has 0 aliphatic carbocycles. The van der Waals surface area contributed by atoms with Crippen LogP contribution >= 0.6 is 0 Å². The van der Waals surface area contributed by atoms with E-state index < -0.39 is 5.97 Å². The third kappa shape index (κ3) is 6.71. The maximum absolute atomic E-state index is 11.5. The van der Waals surface area contributed by atoms with Crippen LogP contribution in [0, 0.1) is 0 Å². The number of ether oxygens (including phenoxy) is 3.